The largest absolute Gasteiger partial charge is 0.480 e. The Morgan fingerprint density at radius 3 is 1.43 bits per heavy atom. The van der Waals surface area contributed by atoms with Gasteiger partial charge in [-0.05, 0) is 32.4 Å². The van der Waals surface area contributed by atoms with Gasteiger partial charge < -0.3 is 16.2 Å². The van der Waals surface area contributed by atoms with Gasteiger partial charge in [0.1, 0.15) is 6.04 Å². The van der Waals surface area contributed by atoms with Gasteiger partial charge in [-0.1, -0.05) is 110 Å². The number of nitrogens with two attached hydrogens (primary N) is 1. The molecule has 4 heteroatoms. The van der Waals surface area contributed by atoms with E-state index in [4.69, 9.17) is 10.8 Å². The molecule has 0 spiro atoms. The van der Waals surface area contributed by atoms with E-state index >= 15 is 0 Å². The molecule has 0 amide bonds. The van der Waals surface area contributed by atoms with Gasteiger partial charge in [-0.25, -0.2) is 0 Å². The molecule has 0 unspecified atom stereocenters. The summed E-state index contributed by atoms with van der Waals surface area (Å²) in [5.41, 5.74) is 5.48. The Kier molecular flexibility index (Phi) is 22.2. The molecule has 0 aromatic heterocycles. The fraction of sp³-hybridized carbons (Fsp3) is 0.958. The summed E-state index contributed by atoms with van der Waals surface area (Å²) in [6.07, 6.45) is 25.0. The third-order valence-electron chi connectivity index (χ3n) is 5.64. The lowest BCUT2D eigenvalue weighted by molar-refractivity contribution is -0.138. The molecule has 4 nitrogen and oxygen atoms in total. The van der Waals surface area contributed by atoms with E-state index < -0.39 is 12.0 Å². The van der Waals surface area contributed by atoms with Crippen molar-refractivity contribution in [2.24, 2.45) is 5.73 Å². The van der Waals surface area contributed by atoms with Crippen molar-refractivity contribution in [1.82, 2.24) is 5.32 Å². The van der Waals surface area contributed by atoms with Crippen LogP contribution in [0, 0.1) is 0 Å². The fourth-order valence-electron chi connectivity index (χ4n) is 3.66. The molecule has 0 aromatic rings. The Labute approximate surface area is 175 Å². The highest BCUT2D eigenvalue weighted by atomic mass is 16.4. The average molecular weight is 399 g/mol. The van der Waals surface area contributed by atoms with Crippen LogP contribution in [0.25, 0.3) is 0 Å². The van der Waals surface area contributed by atoms with Crippen LogP contribution in [-0.4, -0.2) is 30.2 Å². The number of aliphatic carboxylic acids is 1. The predicted molar refractivity (Wildman–Crippen MR) is 122 cm³/mol. The SMILES string of the molecule is CCCCCCCCCCCCCCCCCCNCCCC[C@H](N)C(=O)O. The average Bonchev–Trinajstić information content (AvgIpc) is 2.68. The highest BCUT2D eigenvalue weighted by molar-refractivity contribution is 5.72. The van der Waals surface area contributed by atoms with E-state index in [0.717, 1.165) is 25.9 Å². The zero-order valence-electron chi connectivity index (χ0n) is 18.9. The summed E-state index contributed by atoms with van der Waals surface area (Å²) in [5, 5.41) is 12.2. The Hall–Kier alpha value is -0.610. The van der Waals surface area contributed by atoms with Gasteiger partial charge in [-0.15, -0.1) is 0 Å². The first-order valence-corrected chi connectivity index (χ1v) is 12.4. The normalized spacial score (nSPS) is 12.4. The van der Waals surface area contributed by atoms with Crippen molar-refractivity contribution in [3.05, 3.63) is 0 Å². The number of carboxylic acids is 1. The van der Waals surface area contributed by atoms with Crippen molar-refractivity contribution in [1.29, 1.82) is 0 Å². The second-order valence-electron chi connectivity index (χ2n) is 8.49. The number of unbranched alkanes of at least 4 members (excludes halogenated alkanes) is 16. The van der Waals surface area contributed by atoms with E-state index in [-0.39, 0.29) is 0 Å². The standard InChI is InChI=1S/C24H50N2O2/c1-2-3-4-5-6-7-8-9-10-11-12-13-14-15-16-18-21-26-22-19-17-20-23(25)24(27)28/h23,26H,2-22,25H2,1H3,(H,27,28)/t23-/m0/s1. The first kappa shape index (κ1) is 27.4. The maximum absolute atomic E-state index is 10.6. The molecule has 0 heterocycles. The van der Waals surface area contributed by atoms with Gasteiger partial charge in [0.2, 0.25) is 0 Å². The molecule has 168 valence electrons. The summed E-state index contributed by atoms with van der Waals surface area (Å²) >= 11 is 0. The van der Waals surface area contributed by atoms with Crippen molar-refractivity contribution in [3.8, 4) is 0 Å². The molecule has 28 heavy (non-hydrogen) atoms. The minimum absolute atomic E-state index is 0.579. The number of carboxylic acid groups (broad SMARTS) is 1. The zero-order valence-corrected chi connectivity index (χ0v) is 18.9. The molecule has 0 rings (SSSR count). The summed E-state index contributed by atoms with van der Waals surface area (Å²) in [7, 11) is 0. The molecule has 0 radical (unpaired) electrons. The summed E-state index contributed by atoms with van der Waals surface area (Å²) in [4.78, 5) is 10.6. The van der Waals surface area contributed by atoms with Crippen LogP contribution in [0.4, 0.5) is 0 Å². The molecule has 0 saturated carbocycles. The van der Waals surface area contributed by atoms with Crippen molar-refractivity contribution < 1.29 is 9.90 Å². The predicted octanol–water partition coefficient (Wildman–Crippen LogP) is 6.42. The maximum Gasteiger partial charge on any atom is 0.320 e. The van der Waals surface area contributed by atoms with Gasteiger partial charge in [-0.3, -0.25) is 4.79 Å². The van der Waals surface area contributed by atoms with Gasteiger partial charge in [-0.2, -0.15) is 0 Å². The fourth-order valence-corrected chi connectivity index (χ4v) is 3.66. The number of hydrogen-bond acceptors (Lipinski definition) is 3. The summed E-state index contributed by atoms with van der Waals surface area (Å²) in [6.45, 7) is 4.35. The van der Waals surface area contributed by atoms with Crippen LogP contribution in [0.15, 0.2) is 0 Å². The minimum Gasteiger partial charge on any atom is -0.480 e. The summed E-state index contributed by atoms with van der Waals surface area (Å²) < 4.78 is 0. The van der Waals surface area contributed by atoms with Gasteiger partial charge in [0.15, 0.2) is 0 Å². The molecule has 0 aliphatic heterocycles. The maximum atomic E-state index is 10.6. The Balaban J connectivity index is 3.04. The molecule has 0 fully saturated rings. The Bertz CT molecular complexity index is 324. The number of carbonyl (C=O) groups is 1. The molecule has 4 N–H and O–H groups in total. The first-order chi connectivity index (χ1) is 13.7. The molecular formula is C24H50N2O2. The number of hydrogen-bond donors (Lipinski definition) is 3. The van der Waals surface area contributed by atoms with Crippen LogP contribution < -0.4 is 11.1 Å². The number of rotatable bonds is 23. The molecule has 0 saturated heterocycles. The van der Waals surface area contributed by atoms with Crippen molar-refractivity contribution >= 4 is 5.97 Å². The third kappa shape index (κ3) is 21.7. The minimum atomic E-state index is -0.888. The van der Waals surface area contributed by atoms with Gasteiger partial charge in [0.25, 0.3) is 0 Å². The van der Waals surface area contributed by atoms with E-state index in [1.807, 2.05) is 0 Å². The van der Waals surface area contributed by atoms with Crippen LogP contribution >= 0.6 is 0 Å². The molecule has 0 aliphatic rings. The Morgan fingerprint density at radius 2 is 1.04 bits per heavy atom. The smallest absolute Gasteiger partial charge is 0.320 e. The van der Waals surface area contributed by atoms with E-state index in [2.05, 4.69) is 12.2 Å². The highest BCUT2D eigenvalue weighted by Gasteiger charge is 2.09. The Morgan fingerprint density at radius 1 is 0.679 bits per heavy atom. The van der Waals surface area contributed by atoms with Gasteiger partial charge in [0.05, 0.1) is 0 Å². The molecular weight excluding hydrogens is 348 g/mol. The summed E-state index contributed by atoms with van der Waals surface area (Å²) in [6, 6.07) is -0.694. The van der Waals surface area contributed by atoms with Crippen LogP contribution in [0.2, 0.25) is 0 Å². The topological polar surface area (TPSA) is 75.3 Å². The summed E-state index contributed by atoms with van der Waals surface area (Å²) in [5.74, 6) is -0.888. The van der Waals surface area contributed by atoms with Crippen molar-refractivity contribution in [3.63, 3.8) is 0 Å². The van der Waals surface area contributed by atoms with E-state index in [1.54, 1.807) is 0 Å². The zero-order chi connectivity index (χ0) is 20.7. The molecule has 0 bridgehead atoms. The van der Waals surface area contributed by atoms with Gasteiger partial charge >= 0.3 is 5.97 Å². The van der Waals surface area contributed by atoms with Crippen LogP contribution in [0.5, 0.6) is 0 Å². The van der Waals surface area contributed by atoms with Crippen molar-refractivity contribution in [2.75, 3.05) is 13.1 Å². The van der Waals surface area contributed by atoms with E-state index in [0.29, 0.717) is 6.42 Å². The highest BCUT2D eigenvalue weighted by Crippen LogP contribution is 2.13. The second-order valence-corrected chi connectivity index (χ2v) is 8.49. The lowest BCUT2D eigenvalue weighted by Gasteiger charge is -2.07. The van der Waals surface area contributed by atoms with Crippen molar-refractivity contribution in [2.45, 2.75) is 135 Å². The lowest BCUT2D eigenvalue weighted by atomic mass is 10.0. The second kappa shape index (κ2) is 22.7. The number of nitrogens with one attached hydrogen (secondary N) is 1. The first-order valence-electron chi connectivity index (χ1n) is 12.4. The van der Waals surface area contributed by atoms with Crippen LogP contribution in [0.1, 0.15) is 129 Å². The van der Waals surface area contributed by atoms with E-state index in [1.165, 1.54) is 103 Å². The van der Waals surface area contributed by atoms with E-state index in [9.17, 15) is 4.79 Å². The molecule has 1 atom stereocenters. The molecule has 0 aromatic carbocycles. The third-order valence-corrected chi connectivity index (χ3v) is 5.64. The monoisotopic (exact) mass is 398 g/mol. The quantitative estimate of drug-likeness (QED) is 0.174. The van der Waals surface area contributed by atoms with Crippen LogP contribution in [-0.2, 0) is 4.79 Å². The lowest BCUT2D eigenvalue weighted by Crippen LogP contribution is -2.30. The van der Waals surface area contributed by atoms with Gasteiger partial charge in [0, 0.05) is 0 Å². The molecule has 0 aliphatic carbocycles. The van der Waals surface area contributed by atoms with Crippen LogP contribution in [0.3, 0.4) is 0 Å².